The lowest BCUT2D eigenvalue weighted by Gasteiger charge is -2.06. The zero-order valence-corrected chi connectivity index (χ0v) is 9.59. The first-order valence-electron chi connectivity index (χ1n) is 5.08. The van der Waals surface area contributed by atoms with E-state index in [4.69, 9.17) is 4.42 Å². The summed E-state index contributed by atoms with van der Waals surface area (Å²) in [6, 6.07) is 4.28. The van der Waals surface area contributed by atoms with Crippen molar-refractivity contribution < 1.29 is 4.42 Å². The number of oxazole rings is 1. The minimum absolute atomic E-state index is 0.709. The molecule has 2 aromatic rings. The zero-order valence-electron chi connectivity index (χ0n) is 9.59. The lowest BCUT2D eigenvalue weighted by Crippen LogP contribution is -1.87. The van der Waals surface area contributed by atoms with Crippen molar-refractivity contribution in [2.75, 3.05) is 0 Å². The molecule has 0 fully saturated rings. The number of benzene rings is 1. The Morgan fingerprint density at radius 3 is 2.07 bits per heavy atom. The highest BCUT2D eigenvalue weighted by Crippen LogP contribution is 2.25. The molecule has 1 aromatic carbocycles. The Hall–Kier alpha value is -1.57. The number of hydrogen-bond acceptors (Lipinski definition) is 2. The molecule has 0 atom stereocenters. The third-order valence-electron chi connectivity index (χ3n) is 2.83. The van der Waals surface area contributed by atoms with Crippen LogP contribution in [0, 0.1) is 27.7 Å². The normalized spacial score (nSPS) is 10.7. The molecule has 2 nitrogen and oxygen atoms in total. The molecule has 0 amide bonds. The largest absolute Gasteiger partial charge is 0.441 e. The van der Waals surface area contributed by atoms with E-state index in [0.29, 0.717) is 5.89 Å². The van der Waals surface area contributed by atoms with Crippen LogP contribution in [0.5, 0.6) is 0 Å². The third-order valence-corrected chi connectivity index (χ3v) is 2.83. The standard InChI is InChI=1S/C13H15NO/c1-8-5-12(6-9(2)10(8)3)13-7-14-11(4)15-13/h5-7H,1-4H3. The number of rotatable bonds is 1. The van der Waals surface area contributed by atoms with E-state index in [1.54, 1.807) is 6.20 Å². The van der Waals surface area contributed by atoms with Crippen molar-refractivity contribution in [1.29, 1.82) is 0 Å². The average Bonchev–Trinajstić information content (AvgIpc) is 2.60. The summed E-state index contributed by atoms with van der Waals surface area (Å²) in [7, 11) is 0. The van der Waals surface area contributed by atoms with Gasteiger partial charge in [0, 0.05) is 12.5 Å². The highest BCUT2D eigenvalue weighted by atomic mass is 16.4. The Kier molecular flexibility index (Phi) is 2.35. The van der Waals surface area contributed by atoms with Crippen LogP contribution in [0.1, 0.15) is 22.6 Å². The maximum atomic E-state index is 5.51. The van der Waals surface area contributed by atoms with Crippen molar-refractivity contribution in [3.63, 3.8) is 0 Å². The van der Waals surface area contributed by atoms with Crippen LogP contribution >= 0.6 is 0 Å². The second kappa shape index (κ2) is 3.54. The molecule has 0 aliphatic heterocycles. The van der Waals surface area contributed by atoms with Gasteiger partial charge in [0.2, 0.25) is 0 Å². The molecule has 0 radical (unpaired) electrons. The highest BCUT2D eigenvalue weighted by molar-refractivity contribution is 5.60. The predicted molar refractivity (Wildman–Crippen MR) is 60.9 cm³/mol. The molecule has 0 aliphatic carbocycles. The average molecular weight is 201 g/mol. The van der Waals surface area contributed by atoms with Crippen LogP contribution in [-0.2, 0) is 0 Å². The van der Waals surface area contributed by atoms with Crippen LogP contribution in [-0.4, -0.2) is 4.98 Å². The van der Waals surface area contributed by atoms with E-state index in [2.05, 4.69) is 37.9 Å². The summed E-state index contributed by atoms with van der Waals surface area (Å²) in [5.74, 6) is 1.56. The fourth-order valence-corrected chi connectivity index (χ4v) is 1.67. The van der Waals surface area contributed by atoms with Crippen LogP contribution < -0.4 is 0 Å². The van der Waals surface area contributed by atoms with E-state index in [1.807, 2.05) is 6.92 Å². The summed E-state index contributed by atoms with van der Waals surface area (Å²) in [6.45, 7) is 8.24. The molecule has 2 rings (SSSR count). The van der Waals surface area contributed by atoms with Gasteiger partial charge in [-0.15, -0.1) is 0 Å². The molecule has 0 unspecified atom stereocenters. The lowest BCUT2D eigenvalue weighted by molar-refractivity contribution is 0.534. The first kappa shape index (κ1) is 9.97. The second-order valence-corrected chi connectivity index (χ2v) is 3.98. The predicted octanol–water partition coefficient (Wildman–Crippen LogP) is 3.58. The Labute approximate surface area is 90.0 Å². The zero-order chi connectivity index (χ0) is 11.0. The van der Waals surface area contributed by atoms with Gasteiger partial charge < -0.3 is 4.42 Å². The maximum absolute atomic E-state index is 5.51. The van der Waals surface area contributed by atoms with E-state index >= 15 is 0 Å². The Morgan fingerprint density at radius 1 is 1.00 bits per heavy atom. The van der Waals surface area contributed by atoms with Crippen LogP contribution in [0.3, 0.4) is 0 Å². The molecule has 0 bridgehead atoms. The molecule has 1 aromatic heterocycles. The van der Waals surface area contributed by atoms with Crippen molar-refractivity contribution in [3.8, 4) is 11.3 Å². The van der Waals surface area contributed by atoms with Gasteiger partial charge in [-0.1, -0.05) is 0 Å². The summed E-state index contributed by atoms with van der Waals surface area (Å²) in [5, 5.41) is 0. The number of aryl methyl sites for hydroxylation is 3. The van der Waals surface area contributed by atoms with Gasteiger partial charge in [-0.25, -0.2) is 4.98 Å². The Balaban J connectivity index is 2.55. The van der Waals surface area contributed by atoms with Crippen LogP contribution in [0.4, 0.5) is 0 Å². The van der Waals surface area contributed by atoms with Gasteiger partial charge in [-0.2, -0.15) is 0 Å². The summed E-state index contributed by atoms with van der Waals surface area (Å²) in [6.07, 6.45) is 1.78. The molecule has 0 saturated heterocycles. The van der Waals surface area contributed by atoms with Gasteiger partial charge in [0.25, 0.3) is 0 Å². The van der Waals surface area contributed by atoms with Crippen molar-refractivity contribution in [2.24, 2.45) is 0 Å². The van der Waals surface area contributed by atoms with E-state index in [1.165, 1.54) is 16.7 Å². The molecule has 0 saturated carbocycles. The van der Waals surface area contributed by atoms with Crippen molar-refractivity contribution in [3.05, 3.63) is 40.9 Å². The Bertz CT molecular complexity index is 474. The first-order valence-corrected chi connectivity index (χ1v) is 5.08. The van der Waals surface area contributed by atoms with Crippen LogP contribution in [0.2, 0.25) is 0 Å². The SMILES string of the molecule is Cc1ncc(-c2cc(C)c(C)c(C)c2)o1. The van der Waals surface area contributed by atoms with Gasteiger partial charge in [0.1, 0.15) is 0 Å². The van der Waals surface area contributed by atoms with Gasteiger partial charge in [-0.05, 0) is 49.6 Å². The van der Waals surface area contributed by atoms with Crippen molar-refractivity contribution in [2.45, 2.75) is 27.7 Å². The van der Waals surface area contributed by atoms with Gasteiger partial charge >= 0.3 is 0 Å². The molecule has 0 N–H and O–H groups in total. The quantitative estimate of drug-likeness (QED) is 0.704. The van der Waals surface area contributed by atoms with Gasteiger partial charge in [-0.3, -0.25) is 0 Å². The molecular weight excluding hydrogens is 186 g/mol. The van der Waals surface area contributed by atoms with Gasteiger partial charge in [0.05, 0.1) is 6.20 Å². The summed E-state index contributed by atoms with van der Waals surface area (Å²) >= 11 is 0. The van der Waals surface area contributed by atoms with Crippen LogP contribution in [0.15, 0.2) is 22.7 Å². The molecule has 78 valence electrons. The van der Waals surface area contributed by atoms with E-state index < -0.39 is 0 Å². The summed E-state index contributed by atoms with van der Waals surface area (Å²) in [5.41, 5.74) is 5.03. The molecule has 0 aliphatic rings. The number of hydrogen-bond donors (Lipinski definition) is 0. The fraction of sp³-hybridized carbons (Fsp3) is 0.308. The van der Waals surface area contributed by atoms with Crippen molar-refractivity contribution in [1.82, 2.24) is 4.98 Å². The maximum Gasteiger partial charge on any atom is 0.191 e. The van der Waals surface area contributed by atoms with Crippen LogP contribution in [0.25, 0.3) is 11.3 Å². The Morgan fingerprint density at radius 2 is 1.60 bits per heavy atom. The molecule has 2 heteroatoms. The van der Waals surface area contributed by atoms with E-state index in [-0.39, 0.29) is 0 Å². The van der Waals surface area contributed by atoms with Crippen molar-refractivity contribution >= 4 is 0 Å². The van der Waals surface area contributed by atoms with E-state index in [0.717, 1.165) is 11.3 Å². The molecule has 1 heterocycles. The van der Waals surface area contributed by atoms with E-state index in [9.17, 15) is 0 Å². The first-order chi connectivity index (χ1) is 7.08. The smallest absolute Gasteiger partial charge is 0.191 e. The monoisotopic (exact) mass is 201 g/mol. The summed E-state index contributed by atoms with van der Waals surface area (Å²) in [4.78, 5) is 4.11. The molecule has 0 spiro atoms. The molecule has 15 heavy (non-hydrogen) atoms. The summed E-state index contributed by atoms with van der Waals surface area (Å²) < 4.78 is 5.51. The number of nitrogens with zero attached hydrogens (tertiary/aromatic N) is 1. The lowest BCUT2D eigenvalue weighted by atomic mass is 10.00. The highest BCUT2D eigenvalue weighted by Gasteiger charge is 2.06. The topological polar surface area (TPSA) is 26.0 Å². The second-order valence-electron chi connectivity index (χ2n) is 3.98. The van der Waals surface area contributed by atoms with Gasteiger partial charge in [0.15, 0.2) is 11.7 Å². The minimum Gasteiger partial charge on any atom is -0.441 e. The number of aromatic nitrogens is 1. The minimum atomic E-state index is 0.709. The third kappa shape index (κ3) is 1.80. The molecular formula is C13H15NO. The fourth-order valence-electron chi connectivity index (χ4n) is 1.67.